The summed E-state index contributed by atoms with van der Waals surface area (Å²) in [6.07, 6.45) is -3.84. The van der Waals surface area contributed by atoms with Gasteiger partial charge in [-0.3, -0.25) is 0 Å². The lowest BCUT2D eigenvalue weighted by Crippen LogP contribution is -2.48. The van der Waals surface area contributed by atoms with Crippen LogP contribution in [0.25, 0.3) is 0 Å². The predicted molar refractivity (Wildman–Crippen MR) is 64.0 cm³/mol. The lowest BCUT2D eigenvalue weighted by atomic mass is 9.82. The van der Waals surface area contributed by atoms with Crippen molar-refractivity contribution in [3.05, 3.63) is 29.3 Å². The SMILES string of the molecule is CCC1(C(=O)O)CCc2c(cccc2C(F)(F)F)N1. The molecular weight excluding hydrogens is 259 g/mol. The number of carboxylic acid groups (broad SMARTS) is 1. The molecule has 0 aliphatic carbocycles. The number of hydrogen-bond acceptors (Lipinski definition) is 2. The Balaban J connectivity index is 2.46. The molecule has 0 saturated carbocycles. The Hall–Kier alpha value is -1.72. The number of nitrogens with one attached hydrogen (secondary N) is 1. The first kappa shape index (κ1) is 13.7. The first-order valence-corrected chi connectivity index (χ1v) is 6.01. The van der Waals surface area contributed by atoms with Gasteiger partial charge in [0.05, 0.1) is 5.56 Å². The second-order valence-corrected chi connectivity index (χ2v) is 4.70. The third kappa shape index (κ3) is 2.27. The van der Waals surface area contributed by atoms with Gasteiger partial charge in [0.2, 0.25) is 0 Å². The molecule has 0 radical (unpaired) electrons. The van der Waals surface area contributed by atoms with Crippen LogP contribution in [0.3, 0.4) is 0 Å². The van der Waals surface area contributed by atoms with E-state index < -0.39 is 23.2 Å². The fraction of sp³-hybridized carbons (Fsp3) is 0.462. The van der Waals surface area contributed by atoms with E-state index in [1.165, 1.54) is 12.1 Å². The minimum atomic E-state index is -4.41. The minimum Gasteiger partial charge on any atom is -0.480 e. The van der Waals surface area contributed by atoms with Crippen molar-refractivity contribution in [3.63, 3.8) is 0 Å². The predicted octanol–water partition coefficient (Wildman–Crippen LogP) is 3.30. The molecule has 1 aliphatic heterocycles. The van der Waals surface area contributed by atoms with E-state index in [0.717, 1.165) is 6.07 Å². The van der Waals surface area contributed by atoms with Gasteiger partial charge in [-0.2, -0.15) is 13.2 Å². The first-order chi connectivity index (χ1) is 8.80. The van der Waals surface area contributed by atoms with Crippen molar-refractivity contribution < 1.29 is 23.1 Å². The Morgan fingerprint density at radius 1 is 1.47 bits per heavy atom. The highest BCUT2D eigenvalue weighted by Gasteiger charge is 2.42. The number of halogens is 3. The molecule has 1 aliphatic rings. The molecule has 0 aromatic heterocycles. The molecule has 0 amide bonds. The topological polar surface area (TPSA) is 49.3 Å². The van der Waals surface area contributed by atoms with Gasteiger partial charge in [0.15, 0.2) is 0 Å². The number of rotatable bonds is 2. The third-order valence-corrected chi connectivity index (χ3v) is 3.67. The van der Waals surface area contributed by atoms with Crippen LogP contribution in [0.5, 0.6) is 0 Å². The van der Waals surface area contributed by atoms with Crippen LogP contribution in [0.2, 0.25) is 0 Å². The second kappa shape index (κ2) is 4.43. The average molecular weight is 273 g/mol. The summed E-state index contributed by atoms with van der Waals surface area (Å²) in [7, 11) is 0. The molecule has 1 heterocycles. The van der Waals surface area contributed by atoms with Gasteiger partial charge in [-0.05, 0) is 37.0 Å². The number of carboxylic acids is 1. The maximum absolute atomic E-state index is 12.9. The fourth-order valence-electron chi connectivity index (χ4n) is 2.47. The molecule has 0 bridgehead atoms. The molecule has 2 N–H and O–H groups in total. The van der Waals surface area contributed by atoms with Gasteiger partial charge >= 0.3 is 12.1 Å². The summed E-state index contributed by atoms with van der Waals surface area (Å²) in [4.78, 5) is 11.3. The monoisotopic (exact) mass is 273 g/mol. The normalized spacial score (nSPS) is 22.5. The first-order valence-electron chi connectivity index (χ1n) is 6.01. The molecule has 1 atom stereocenters. The van der Waals surface area contributed by atoms with E-state index in [9.17, 15) is 23.1 Å². The van der Waals surface area contributed by atoms with Gasteiger partial charge < -0.3 is 10.4 Å². The largest absolute Gasteiger partial charge is 0.480 e. The molecule has 104 valence electrons. The smallest absolute Gasteiger partial charge is 0.416 e. The van der Waals surface area contributed by atoms with Crippen molar-refractivity contribution in [2.24, 2.45) is 0 Å². The van der Waals surface area contributed by atoms with Crippen molar-refractivity contribution in [2.45, 2.75) is 37.9 Å². The van der Waals surface area contributed by atoms with Crippen LogP contribution in [-0.2, 0) is 17.4 Å². The zero-order valence-corrected chi connectivity index (χ0v) is 10.3. The van der Waals surface area contributed by atoms with Gasteiger partial charge in [0.1, 0.15) is 5.54 Å². The Kier molecular flexibility index (Phi) is 3.20. The number of hydrogen-bond donors (Lipinski definition) is 2. The average Bonchev–Trinajstić information content (AvgIpc) is 2.35. The molecule has 19 heavy (non-hydrogen) atoms. The van der Waals surface area contributed by atoms with Crippen LogP contribution in [0, 0.1) is 0 Å². The maximum atomic E-state index is 12.9. The van der Waals surface area contributed by atoms with Gasteiger partial charge in [-0.15, -0.1) is 0 Å². The van der Waals surface area contributed by atoms with Crippen molar-refractivity contribution >= 4 is 11.7 Å². The van der Waals surface area contributed by atoms with E-state index >= 15 is 0 Å². The van der Waals surface area contributed by atoms with Crippen LogP contribution >= 0.6 is 0 Å². The number of fused-ring (bicyclic) bond motifs is 1. The summed E-state index contributed by atoms with van der Waals surface area (Å²) < 4.78 is 38.6. The summed E-state index contributed by atoms with van der Waals surface area (Å²) in [5, 5.41) is 12.0. The quantitative estimate of drug-likeness (QED) is 0.869. The van der Waals surface area contributed by atoms with Crippen molar-refractivity contribution in [1.29, 1.82) is 0 Å². The second-order valence-electron chi connectivity index (χ2n) is 4.70. The van der Waals surface area contributed by atoms with E-state index in [4.69, 9.17) is 0 Å². The highest BCUT2D eigenvalue weighted by molar-refractivity contribution is 5.84. The Labute approximate surface area is 108 Å². The third-order valence-electron chi connectivity index (χ3n) is 3.67. The maximum Gasteiger partial charge on any atom is 0.416 e. The number of carbonyl (C=O) groups is 1. The number of benzene rings is 1. The molecule has 6 heteroatoms. The molecule has 0 spiro atoms. The molecule has 1 unspecified atom stereocenters. The van der Waals surface area contributed by atoms with Crippen LogP contribution in [-0.4, -0.2) is 16.6 Å². The van der Waals surface area contributed by atoms with Crippen LogP contribution in [0.15, 0.2) is 18.2 Å². The van der Waals surface area contributed by atoms with Gasteiger partial charge in [0.25, 0.3) is 0 Å². The Morgan fingerprint density at radius 2 is 2.16 bits per heavy atom. The van der Waals surface area contributed by atoms with Crippen LogP contribution in [0.1, 0.15) is 30.9 Å². The van der Waals surface area contributed by atoms with Crippen molar-refractivity contribution in [3.8, 4) is 0 Å². The van der Waals surface area contributed by atoms with E-state index in [2.05, 4.69) is 5.32 Å². The summed E-state index contributed by atoms with van der Waals surface area (Å²) in [6.45, 7) is 1.71. The van der Waals surface area contributed by atoms with Gasteiger partial charge in [0, 0.05) is 5.69 Å². The molecule has 0 fully saturated rings. The van der Waals surface area contributed by atoms with E-state index in [-0.39, 0.29) is 24.1 Å². The summed E-state index contributed by atoms with van der Waals surface area (Å²) in [5.74, 6) is -1.03. The zero-order valence-electron chi connectivity index (χ0n) is 10.3. The number of alkyl halides is 3. The summed E-state index contributed by atoms with van der Waals surface area (Å²) in [6, 6.07) is 3.82. The Bertz CT molecular complexity index is 513. The zero-order chi connectivity index (χ0) is 14.3. The molecule has 2 rings (SSSR count). The fourth-order valence-corrected chi connectivity index (χ4v) is 2.47. The van der Waals surface area contributed by atoms with Crippen LogP contribution in [0.4, 0.5) is 18.9 Å². The van der Waals surface area contributed by atoms with E-state index in [0.29, 0.717) is 6.42 Å². The molecule has 1 aromatic carbocycles. The number of anilines is 1. The molecular formula is C13H14F3NO2. The van der Waals surface area contributed by atoms with E-state index in [1.54, 1.807) is 6.92 Å². The van der Waals surface area contributed by atoms with Crippen molar-refractivity contribution in [1.82, 2.24) is 0 Å². The Morgan fingerprint density at radius 3 is 2.68 bits per heavy atom. The molecule has 0 saturated heterocycles. The lowest BCUT2D eigenvalue weighted by molar-refractivity contribution is -0.142. The lowest BCUT2D eigenvalue weighted by Gasteiger charge is -2.36. The van der Waals surface area contributed by atoms with Gasteiger partial charge in [-0.25, -0.2) is 4.79 Å². The molecule has 1 aromatic rings. The highest BCUT2D eigenvalue weighted by Crippen LogP contribution is 2.40. The minimum absolute atomic E-state index is 0.109. The van der Waals surface area contributed by atoms with Crippen LogP contribution < -0.4 is 5.32 Å². The number of aliphatic carboxylic acids is 1. The highest BCUT2D eigenvalue weighted by atomic mass is 19.4. The summed E-state index contributed by atoms with van der Waals surface area (Å²) in [5.41, 5.74) is -1.43. The van der Waals surface area contributed by atoms with Crippen molar-refractivity contribution in [2.75, 3.05) is 5.32 Å². The van der Waals surface area contributed by atoms with Gasteiger partial charge in [-0.1, -0.05) is 13.0 Å². The van der Waals surface area contributed by atoms with E-state index in [1.807, 2.05) is 0 Å². The summed E-state index contributed by atoms with van der Waals surface area (Å²) >= 11 is 0. The molecule has 3 nitrogen and oxygen atoms in total. The standard InChI is InChI=1S/C13H14F3NO2/c1-2-12(11(18)19)7-6-8-9(13(14,15)16)4-3-5-10(8)17-12/h3-5,17H,2,6-7H2,1H3,(H,18,19).